The van der Waals surface area contributed by atoms with Crippen LogP contribution < -0.4 is 0 Å². The Morgan fingerprint density at radius 3 is 1.64 bits per heavy atom. The van der Waals surface area contributed by atoms with Crippen LogP contribution in [0.4, 0.5) is 26.3 Å². The Labute approximate surface area is 190 Å². The molecule has 194 valence electrons. The first-order valence-electron chi connectivity index (χ1n) is 11.0. The van der Waals surface area contributed by atoms with Gasteiger partial charge in [-0.1, -0.05) is 0 Å². The molecule has 0 heterocycles. The van der Waals surface area contributed by atoms with E-state index in [2.05, 4.69) is 0 Å². The molecule has 4 atom stereocenters. The van der Waals surface area contributed by atoms with Crippen LogP contribution in [0.5, 0.6) is 0 Å². The first-order chi connectivity index (χ1) is 15.0. The molecule has 0 aromatic carbocycles. The topological polar surface area (TPSA) is 74.2 Å². The van der Waals surface area contributed by atoms with E-state index < -0.39 is 44.2 Å². The largest absolute Gasteiger partial charge is 0.504 e. The molecule has 2 rings (SSSR count). The molecule has 2 aliphatic carbocycles. The average molecular weight is 511 g/mol. The summed E-state index contributed by atoms with van der Waals surface area (Å²) in [4.78, 5) is 12.7. The molecule has 2 saturated carbocycles. The van der Waals surface area contributed by atoms with E-state index >= 15 is 0 Å². The third-order valence-corrected chi connectivity index (χ3v) is 10.4. The van der Waals surface area contributed by atoms with Gasteiger partial charge < -0.3 is 23.1 Å². The SMILES string of the molecule is CCO[Si](OCC)(OCC)C1CC2CC1CC2C(=O)OC(C)(C)C(O)(C(F)(F)F)C(F)(F)F. The molecule has 0 aromatic heterocycles. The second kappa shape index (κ2) is 9.63. The van der Waals surface area contributed by atoms with E-state index in [1.807, 2.05) is 0 Å². The second-order valence-electron chi connectivity index (χ2n) is 8.98. The number of rotatable bonds is 10. The highest BCUT2D eigenvalue weighted by Gasteiger charge is 2.79. The zero-order valence-electron chi connectivity index (χ0n) is 19.3. The predicted molar refractivity (Wildman–Crippen MR) is 106 cm³/mol. The van der Waals surface area contributed by atoms with Gasteiger partial charge in [0.25, 0.3) is 5.60 Å². The first-order valence-corrected chi connectivity index (χ1v) is 12.8. The smallest absolute Gasteiger partial charge is 0.456 e. The summed E-state index contributed by atoms with van der Waals surface area (Å²) >= 11 is 0. The fraction of sp³-hybridized carbons (Fsp3) is 0.950. The molecule has 0 radical (unpaired) electrons. The highest BCUT2D eigenvalue weighted by Crippen LogP contribution is 2.59. The molecule has 0 aromatic rings. The van der Waals surface area contributed by atoms with E-state index in [4.69, 9.17) is 18.0 Å². The Balaban J connectivity index is 2.21. The standard InChI is InChI=1S/C20H32F6O6Si/c1-6-29-33(30-7-2,31-8-3)15-11-12-9-13(15)10-14(12)16(27)32-17(4,5)18(28,19(21,22)23)20(24,25)26/h12-15,28H,6-11H2,1-5H3. The number of ether oxygens (including phenoxy) is 1. The lowest BCUT2D eigenvalue weighted by Crippen LogP contribution is -2.70. The summed E-state index contributed by atoms with van der Waals surface area (Å²) in [5, 5.41) is 9.69. The highest BCUT2D eigenvalue weighted by molar-refractivity contribution is 6.62. The molecule has 2 aliphatic rings. The van der Waals surface area contributed by atoms with Gasteiger partial charge in [-0.3, -0.25) is 4.79 Å². The number of carbonyl (C=O) groups is 1. The Bertz CT molecular complexity index is 666. The van der Waals surface area contributed by atoms with Gasteiger partial charge in [-0.2, -0.15) is 26.3 Å². The quantitative estimate of drug-likeness (QED) is 0.263. The summed E-state index contributed by atoms with van der Waals surface area (Å²) in [6, 6.07) is 0. The van der Waals surface area contributed by atoms with Crippen LogP contribution in [0.25, 0.3) is 0 Å². The van der Waals surface area contributed by atoms with E-state index in [0.717, 1.165) is 0 Å². The van der Waals surface area contributed by atoms with Crippen LogP contribution in [-0.2, 0) is 22.8 Å². The predicted octanol–water partition coefficient (Wildman–Crippen LogP) is 4.63. The van der Waals surface area contributed by atoms with Crippen molar-refractivity contribution in [3.05, 3.63) is 0 Å². The van der Waals surface area contributed by atoms with Crippen molar-refractivity contribution in [1.29, 1.82) is 0 Å². The molecule has 2 bridgehead atoms. The Kier molecular flexibility index (Phi) is 8.27. The van der Waals surface area contributed by atoms with Gasteiger partial charge in [-0.15, -0.1) is 0 Å². The van der Waals surface area contributed by atoms with Crippen molar-refractivity contribution in [2.75, 3.05) is 19.8 Å². The maximum Gasteiger partial charge on any atom is 0.504 e. The van der Waals surface area contributed by atoms with Crippen molar-refractivity contribution in [3.8, 4) is 0 Å². The lowest BCUT2D eigenvalue weighted by Gasteiger charge is -2.44. The normalized spacial score (nSPS) is 26.7. The monoisotopic (exact) mass is 510 g/mol. The lowest BCUT2D eigenvalue weighted by atomic mass is 9.83. The van der Waals surface area contributed by atoms with Crippen molar-refractivity contribution in [2.45, 2.75) is 83.0 Å². The Morgan fingerprint density at radius 1 is 0.848 bits per heavy atom. The van der Waals surface area contributed by atoms with E-state index in [0.29, 0.717) is 46.5 Å². The van der Waals surface area contributed by atoms with Crippen LogP contribution in [0.1, 0.15) is 53.9 Å². The van der Waals surface area contributed by atoms with Gasteiger partial charge in [0.15, 0.2) is 5.60 Å². The molecule has 4 unspecified atom stereocenters. The molecule has 33 heavy (non-hydrogen) atoms. The summed E-state index contributed by atoms with van der Waals surface area (Å²) in [5.41, 5.74) is -8.63. The van der Waals surface area contributed by atoms with E-state index in [9.17, 15) is 36.2 Å². The second-order valence-corrected chi connectivity index (χ2v) is 11.8. The molecule has 1 N–H and O–H groups in total. The van der Waals surface area contributed by atoms with E-state index in [1.54, 1.807) is 20.8 Å². The van der Waals surface area contributed by atoms with Crippen LogP contribution in [-0.4, -0.2) is 63.3 Å². The van der Waals surface area contributed by atoms with Gasteiger partial charge >= 0.3 is 27.1 Å². The lowest BCUT2D eigenvalue weighted by molar-refractivity contribution is -0.407. The van der Waals surface area contributed by atoms with Crippen LogP contribution in [0.15, 0.2) is 0 Å². The molecule has 6 nitrogen and oxygen atoms in total. The van der Waals surface area contributed by atoms with E-state index in [-0.39, 0.29) is 23.8 Å². The zero-order valence-corrected chi connectivity index (χ0v) is 20.3. The van der Waals surface area contributed by atoms with Crippen molar-refractivity contribution in [3.63, 3.8) is 0 Å². The van der Waals surface area contributed by atoms with Crippen LogP contribution in [0.2, 0.25) is 5.54 Å². The highest BCUT2D eigenvalue weighted by atomic mass is 28.4. The molecule has 0 aliphatic heterocycles. The van der Waals surface area contributed by atoms with Gasteiger partial charge in [0, 0.05) is 25.4 Å². The summed E-state index contributed by atoms with van der Waals surface area (Å²) in [6.45, 7) is 7.30. The maximum atomic E-state index is 13.3. The summed E-state index contributed by atoms with van der Waals surface area (Å²) < 4.78 is 102. The number of halogens is 6. The molecule has 13 heteroatoms. The minimum atomic E-state index is -6.10. The van der Waals surface area contributed by atoms with Crippen molar-refractivity contribution < 1.29 is 54.3 Å². The Hall–Kier alpha value is -0.893. The number of fused-ring (bicyclic) bond motifs is 2. The fourth-order valence-electron chi connectivity index (χ4n) is 5.29. The van der Waals surface area contributed by atoms with Gasteiger partial charge in [-0.05, 0) is 65.7 Å². The van der Waals surface area contributed by atoms with Crippen LogP contribution in [0.3, 0.4) is 0 Å². The number of hydrogen-bond acceptors (Lipinski definition) is 6. The van der Waals surface area contributed by atoms with E-state index in [1.165, 1.54) is 0 Å². The molecular weight excluding hydrogens is 478 g/mol. The average Bonchev–Trinajstić information content (AvgIpc) is 3.26. The van der Waals surface area contributed by atoms with Crippen LogP contribution >= 0.6 is 0 Å². The molecular formula is C20H32F6O6Si. The van der Waals surface area contributed by atoms with Crippen molar-refractivity contribution in [1.82, 2.24) is 0 Å². The third-order valence-electron chi connectivity index (χ3n) is 6.70. The van der Waals surface area contributed by atoms with Gasteiger partial charge in [-0.25, -0.2) is 0 Å². The molecule has 0 amide bonds. The molecule has 0 saturated heterocycles. The minimum absolute atomic E-state index is 0.101. The number of hydrogen-bond donors (Lipinski definition) is 1. The molecule has 2 fully saturated rings. The third kappa shape index (κ3) is 4.93. The number of carbonyl (C=O) groups excluding carboxylic acids is 1. The summed E-state index contributed by atoms with van der Waals surface area (Å²) in [7, 11) is -3.10. The minimum Gasteiger partial charge on any atom is -0.456 e. The Morgan fingerprint density at radius 2 is 1.30 bits per heavy atom. The maximum absolute atomic E-state index is 13.3. The van der Waals surface area contributed by atoms with Crippen LogP contribution in [0, 0.1) is 17.8 Å². The van der Waals surface area contributed by atoms with Gasteiger partial charge in [0.1, 0.15) is 0 Å². The van der Waals surface area contributed by atoms with Gasteiger partial charge in [0.2, 0.25) is 0 Å². The van der Waals surface area contributed by atoms with Gasteiger partial charge in [0.05, 0.1) is 5.92 Å². The summed E-state index contributed by atoms with van der Waals surface area (Å²) in [5.74, 6) is -2.49. The number of esters is 1. The molecule has 0 spiro atoms. The summed E-state index contributed by atoms with van der Waals surface area (Å²) in [6.07, 6.45) is -11.0. The number of alkyl halides is 6. The fourth-order valence-corrected chi connectivity index (χ4v) is 8.83. The van der Waals surface area contributed by atoms with Crippen molar-refractivity contribution >= 4 is 14.8 Å². The first kappa shape index (κ1) is 28.3. The zero-order chi connectivity index (χ0) is 25.5. The number of aliphatic hydroxyl groups is 1. The van der Waals surface area contributed by atoms with Crippen molar-refractivity contribution in [2.24, 2.45) is 17.8 Å².